The zero-order valence-electron chi connectivity index (χ0n) is 13.1. The number of carbonyl (C=O) groups excluding carboxylic acids is 1. The van der Waals surface area contributed by atoms with Gasteiger partial charge in [-0.05, 0) is 18.8 Å². The van der Waals surface area contributed by atoms with Crippen molar-refractivity contribution in [2.45, 2.75) is 51.2 Å². The zero-order valence-corrected chi connectivity index (χ0v) is 13.1. The van der Waals surface area contributed by atoms with Crippen LogP contribution < -0.4 is 5.32 Å². The topological polar surface area (TPSA) is 61.8 Å². The predicted octanol–water partition coefficient (Wildman–Crippen LogP) is 1.01. The Labute approximate surface area is 122 Å². The van der Waals surface area contributed by atoms with Crippen LogP contribution in [0.4, 0.5) is 0 Å². The van der Waals surface area contributed by atoms with Crippen LogP contribution in [0.3, 0.4) is 0 Å². The van der Waals surface area contributed by atoms with E-state index in [1.54, 1.807) is 19.0 Å². The minimum absolute atomic E-state index is 0.0965. The van der Waals surface area contributed by atoms with Crippen molar-refractivity contribution in [3.8, 4) is 0 Å². The number of rotatable bonds is 8. The number of ether oxygens (including phenoxy) is 1. The van der Waals surface area contributed by atoms with Crippen LogP contribution in [0.15, 0.2) is 0 Å². The van der Waals surface area contributed by atoms with Gasteiger partial charge in [-0.1, -0.05) is 19.8 Å². The summed E-state index contributed by atoms with van der Waals surface area (Å²) in [5.41, 5.74) is 0. The van der Waals surface area contributed by atoms with E-state index in [4.69, 9.17) is 4.74 Å². The Morgan fingerprint density at radius 3 is 2.75 bits per heavy atom. The van der Waals surface area contributed by atoms with Crippen molar-refractivity contribution in [1.29, 1.82) is 0 Å². The van der Waals surface area contributed by atoms with Crippen LogP contribution in [0.1, 0.15) is 39.0 Å². The smallest absolute Gasteiger partial charge is 0.223 e. The largest absolute Gasteiger partial charge is 0.389 e. The molecule has 0 bridgehead atoms. The van der Waals surface area contributed by atoms with E-state index < -0.39 is 6.10 Å². The molecule has 2 N–H and O–H groups in total. The Hall–Kier alpha value is -0.650. The van der Waals surface area contributed by atoms with Gasteiger partial charge >= 0.3 is 0 Å². The number of hydrogen-bond donors (Lipinski definition) is 2. The maximum atomic E-state index is 11.4. The second-order valence-corrected chi connectivity index (χ2v) is 6.03. The van der Waals surface area contributed by atoms with Crippen LogP contribution in [-0.4, -0.2) is 61.9 Å². The van der Waals surface area contributed by atoms with Crippen molar-refractivity contribution in [3.63, 3.8) is 0 Å². The van der Waals surface area contributed by atoms with Gasteiger partial charge in [0.2, 0.25) is 5.91 Å². The lowest BCUT2D eigenvalue weighted by Crippen LogP contribution is -2.35. The molecular formula is C15H30N2O3. The van der Waals surface area contributed by atoms with E-state index >= 15 is 0 Å². The summed E-state index contributed by atoms with van der Waals surface area (Å²) in [6.45, 7) is 3.67. The molecule has 0 aromatic heterocycles. The van der Waals surface area contributed by atoms with Gasteiger partial charge in [-0.15, -0.1) is 0 Å². The van der Waals surface area contributed by atoms with Crippen molar-refractivity contribution >= 4 is 5.91 Å². The number of carbonyl (C=O) groups is 1. The van der Waals surface area contributed by atoms with Crippen molar-refractivity contribution in [1.82, 2.24) is 10.2 Å². The third kappa shape index (κ3) is 6.68. The minimum atomic E-state index is -0.501. The van der Waals surface area contributed by atoms with E-state index in [0.29, 0.717) is 38.1 Å². The van der Waals surface area contributed by atoms with Crippen LogP contribution >= 0.6 is 0 Å². The highest BCUT2D eigenvalue weighted by Gasteiger charge is 2.22. The molecule has 1 saturated carbocycles. The number of nitrogens with zero attached hydrogens (tertiary/aromatic N) is 1. The van der Waals surface area contributed by atoms with Crippen molar-refractivity contribution in [2.24, 2.45) is 5.92 Å². The number of aliphatic hydroxyl groups excluding tert-OH is 1. The van der Waals surface area contributed by atoms with Crippen molar-refractivity contribution in [2.75, 3.05) is 33.8 Å². The van der Waals surface area contributed by atoms with Gasteiger partial charge in [-0.3, -0.25) is 4.79 Å². The summed E-state index contributed by atoms with van der Waals surface area (Å²) >= 11 is 0. The molecule has 118 valence electrons. The van der Waals surface area contributed by atoms with Crippen LogP contribution in [0.2, 0.25) is 0 Å². The van der Waals surface area contributed by atoms with E-state index in [1.165, 1.54) is 19.3 Å². The van der Waals surface area contributed by atoms with Gasteiger partial charge in [-0.2, -0.15) is 0 Å². The lowest BCUT2D eigenvalue weighted by atomic mass is 9.88. The van der Waals surface area contributed by atoms with Gasteiger partial charge in [0, 0.05) is 33.6 Å². The highest BCUT2D eigenvalue weighted by Crippen LogP contribution is 2.26. The number of aliphatic hydroxyl groups is 1. The standard InChI is InChI=1S/C15H30N2O3/c1-12-6-4-5-7-14(12)20-11-13(18)10-16-9-8-15(19)17(2)3/h12-14,16,18H,4-11H2,1-3H3. The average molecular weight is 286 g/mol. The molecule has 0 heterocycles. The van der Waals surface area contributed by atoms with Gasteiger partial charge in [0.05, 0.1) is 18.8 Å². The van der Waals surface area contributed by atoms with E-state index in [2.05, 4.69) is 12.2 Å². The van der Waals surface area contributed by atoms with Gasteiger partial charge in [-0.25, -0.2) is 0 Å². The van der Waals surface area contributed by atoms with Crippen LogP contribution in [0.25, 0.3) is 0 Å². The highest BCUT2D eigenvalue weighted by atomic mass is 16.5. The molecule has 3 atom stereocenters. The first kappa shape index (κ1) is 17.4. The van der Waals surface area contributed by atoms with Crippen molar-refractivity contribution in [3.05, 3.63) is 0 Å². The molecule has 1 fully saturated rings. The number of hydrogen-bond acceptors (Lipinski definition) is 4. The quantitative estimate of drug-likeness (QED) is 0.654. The molecule has 5 nitrogen and oxygen atoms in total. The molecule has 0 radical (unpaired) electrons. The molecule has 1 aliphatic carbocycles. The molecule has 0 aromatic rings. The van der Waals surface area contributed by atoms with Gasteiger partial charge in [0.25, 0.3) is 0 Å². The van der Waals surface area contributed by atoms with Crippen LogP contribution in [0.5, 0.6) is 0 Å². The number of nitrogens with one attached hydrogen (secondary N) is 1. The fourth-order valence-electron chi connectivity index (χ4n) is 2.51. The SMILES string of the molecule is CC1CCCCC1OCC(O)CNCCC(=O)N(C)C. The van der Waals surface area contributed by atoms with Crippen LogP contribution in [-0.2, 0) is 9.53 Å². The lowest BCUT2D eigenvalue weighted by molar-refractivity contribution is -0.128. The maximum Gasteiger partial charge on any atom is 0.223 e. The molecule has 1 rings (SSSR count). The Bertz CT molecular complexity index is 284. The third-order valence-electron chi connectivity index (χ3n) is 3.93. The average Bonchev–Trinajstić information content (AvgIpc) is 2.42. The van der Waals surface area contributed by atoms with Crippen LogP contribution in [0, 0.1) is 5.92 Å². The predicted molar refractivity (Wildman–Crippen MR) is 79.6 cm³/mol. The molecule has 3 unspecified atom stereocenters. The summed E-state index contributed by atoms with van der Waals surface area (Å²) < 4.78 is 5.81. The maximum absolute atomic E-state index is 11.4. The molecule has 0 aliphatic heterocycles. The molecule has 20 heavy (non-hydrogen) atoms. The number of amides is 1. The molecule has 1 amide bonds. The second kappa shape index (κ2) is 9.32. The first-order valence-electron chi connectivity index (χ1n) is 7.71. The molecule has 0 saturated heterocycles. The molecule has 0 spiro atoms. The van der Waals surface area contributed by atoms with E-state index in [9.17, 15) is 9.90 Å². The van der Waals surface area contributed by atoms with Gasteiger partial charge in [0.1, 0.15) is 0 Å². The lowest BCUT2D eigenvalue weighted by Gasteiger charge is -2.29. The zero-order chi connectivity index (χ0) is 15.0. The first-order valence-corrected chi connectivity index (χ1v) is 7.71. The monoisotopic (exact) mass is 286 g/mol. The summed E-state index contributed by atoms with van der Waals surface area (Å²) in [6, 6.07) is 0. The van der Waals surface area contributed by atoms with Crippen molar-refractivity contribution < 1.29 is 14.6 Å². The van der Waals surface area contributed by atoms with Gasteiger partial charge in [0.15, 0.2) is 0 Å². The second-order valence-electron chi connectivity index (χ2n) is 6.03. The Morgan fingerprint density at radius 2 is 2.10 bits per heavy atom. The Morgan fingerprint density at radius 1 is 1.40 bits per heavy atom. The first-order chi connectivity index (χ1) is 9.50. The van der Waals surface area contributed by atoms with E-state index in [0.717, 1.165) is 6.42 Å². The highest BCUT2D eigenvalue weighted by molar-refractivity contribution is 5.75. The fourth-order valence-corrected chi connectivity index (χ4v) is 2.51. The summed E-state index contributed by atoms with van der Waals surface area (Å²) in [6.07, 6.45) is 5.12. The molecule has 5 heteroatoms. The summed E-state index contributed by atoms with van der Waals surface area (Å²) in [5, 5.41) is 13.0. The molecule has 0 aromatic carbocycles. The molecule has 1 aliphatic rings. The summed E-state index contributed by atoms with van der Waals surface area (Å²) in [7, 11) is 3.49. The Balaban J connectivity index is 2.05. The third-order valence-corrected chi connectivity index (χ3v) is 3.93. The minimum Gasteiger partial charge on any atom is -0.389 e. The Kier molecular flexibility index (Phi) is 8.11. The summed E-state index contributed by atoms with van der Waals surface area (Å²) in [4.78, 5) is 12.9. The van der Waals surface area contributed by atoms with Gasteiger partial charge < -0.3 is 20.1 Å². The van der Waals surface area contributed by atoms with E-state index in [1.807, 2.05) is 0 Å². The molecular weight excluding hydrogens is 256 g/mol. The normalized spacial score (nSPS) is 24.4. The fraction of sp³-hybridized carbons (Fsp3) is 0.933. The summed E-state index contributed by atoms with van der Waals surface area (Å²) in [5.74, 6) is 0.695. The van der Waals surface area contributed by atoms with E-state index in [-0.39, 0.29) is 5.91 Å².